The summed E-state index contributed by atoms with van der Waals surface area (Å²) in [4.78, 5) is 12.1. The van der Waals surface area contributed by atoms with Gasteiger partial charge in [-0.25, -0.2) is 0 Å². The molecule has 0 aliphatic heterocycles. The van der Waals surface area contributed by atoms with Gasteiger partial charge in [0.1, 0.15) is 17.6 Å². The zero-order valence-electron chi connectivity index (χ0n) is 9.96. The number of phenolic OH excluding ortho intramolecular Hbond substituents is 1. The maximum atomic E-state index is 12.1. The van der Waals surface area contributed by atoms with Crippen LogP contribution in [0.2, 0.25) is 0 Å². The second-order valence-electron chi connectivity index (χ2n) is 4.15. The fourth-order valence-electron chi connectivity index (χ4n) is 1.90. The Morgan fingerprint density at radius 1 is 1.05 bits per heavy atom. The highest BCUT2D eigenvalue weighted by Crippen LogP contribution is 2.22. The van der Waals surface area contributed by atoms with Crippen LogP contribution in [0.1, 0.15) is 10.4 Å². The number of rotatable bonds is 2. The van der Waals surface area contributed by atoms with Crippen LogP contribution in [0.5, 0.6) is 5.75 Å². The number of nitrogens with one attached hydrogen (secondary N) is 1. The molecular weight excluding hydrogens is 242 g/mol. The van der Waals surface area contributed by atoms with E-state index in [1.165, 1.54) is 18.4 Å². The Morgan fingerprint density at radius 3 is 2.58 bits per heavy atom. The molecule has 1 aromatic heterocycles. The number of phenols is 1. The lowest BCUT2D eigenvalue weighted by atomic mass is 10.1. The Kier molecular flexibility index (Phi) is 2.68. The number of anilines is 1. The van der Waals surface area contributed by atoms with Gasteiger partial charge in [0.2, 0.25) is 0 Å². The number of hydrogen-bond donors (Lipinski definition) is 2. The van der Waals surface area contributed by atoms with Gasteiger partial charge in [-0.05, 0) is 30.3 Å². The van der Waals surface area contributed by atoms with Crippen molar-refractivity contribution in [1.29, 1.82) is 0 Å². The second kappa shape index (κ2) is 4.49. The van der Waals surface area contributed by atoms with Crippen LogP contribution >= 0.6 is 0 Å². The van der Waals surface area contributed by atoms with Crippen molar-refractivity contribution in [3.05, 3.63) is 60.4 Å². The second-order valence-corrected chi connectivity index (χ2v) is 4.15. The predicted molar refractivity (Wildman–Crippen MR) is 72.3 cm³/mol. The summed E-state index contributed by atoms with van der Waals surface area (Å²) in [5.41, 5.74) is 1.79. The van der Waals surface area contributed by atoms with Crippen LogP contribution < -0.4 is 5.32 Å². The number of hydrogen-bond acceptors (Lipinski definition) is 3. The first-order valence-corrected chi connectivity index (χ1v) is 5.80. The van der Waals surface area contributed by atoms with Gasteiger partial charge in [0.15, 0.2) is 0 Å². The molecule has 0 saturated carbocycles. The summed E-state index contributed by atoms with van der Waals surface area (Å²) in [6, 6.07) is 13.7. The highest BCUT2D eigenvalue weighted by atomic mass is 16.3. The molecule has 4 heteroatoms. The molecule has 3 rings (SSSR count). The van der Waals surface area contributed by atoms with E-state index in [1.54, 1.807) is 12.1 Å². The van der Waals surface area contributed by atoms with Crippen LogP contribution in [0.25, 0.3) is 11.0 Å². The van der Waals surface area contributed by atoms with Gasteiger partial charge in [0.25, 0.3) is 5.91 Å². The number of amides is 1. The maximum absolute atomic E-state index is 12.1. The van der Waals surface area contributed by atoms with E-state index in [4.69, 9.17) is 4.42 Å². The van der Waals surface area contributed by atoms with E-state index in [2.05, 4.69) is 5.32 Å². The average Bonchev–Trinajstić information content (AvgIpc) is 2.85. The van der Waals surface area contributed by atoms with Crippen LogP contribution in [-0.4, -0.2) is 11.0 Å². The quantitative estimate of drug-likeness (QED) is 0.688. The number of carbonyl (C=O) groups is 1. The van der Waals surface area contributed by atoms with Crippen molar-refractivity contribution in [3.8, 4) is 5.75 Å². The molecule has 0 bridgehead atoms. The number of aromatic hydroxyl groups is 1. The summed E-state index contributed by atoms with van der Waals surface area (Å²) in [5.74, 6) is -0.0811. The molecule has 0 unspecified atom stereocenters. The molecule has 0 spiro atoms. The molecule has 2 aromatic carbocycles. The zero-order chi connectivity index (χ0) is 13.2. The van der Waals surface area contributed by atoms with Gasteiger partial charge in [-0.3, -0.25) is 4.79 Å². The van der Waals surface area contributed by atoms with Gasteiger partial charge in [-0.2, -0.15) is 0 Å². The summed E-state index contributed by atoms with van der Waals surface area (Å²) in [7, 11) is 0. The summed E-state index contributed by atoms with van der Waals surface area (Å²) < 4.78 is 5.33. The standard InChI is InChI=1S/C15H11NO3/c17-11-7-5-10(6-8-11)16-15(18)13-9-19-14-4-2-1-3-12(13)14/h1-9,17H,(H,16,18). The van der Waals surface area contributed by atoms with E-state index in [0.29, 0.717) is 16.8 Å². The minimum atomic E-state index is -0.240. The summed E-state index contributed by atoms with van der Waals surface area (Å²) in [6.45, 7) is 0. The molecule has 2 N–H and O–H groups in total. The number of fused-ring (bicyclic) bond motifs is 1. The summed E-state index contributed by atoms with van der Waals surface area (Å²) in [5, 5.41) is 12.7. The Bertz CT molecular complexity index is 728. The van der Waals surface area contributed by atoms with Gasteiger partial charge >= 0.3 is 0 Å². The van der Waals surface area contributed by atoms with E-state index in [0.717, 1.165) is 5.39 Å². The number of para-hydroxylation sites is 1. The monoisotopic (exact) mass is 253 g/mol. The molecule has 3 aromatic rings. The maximum Gasteiger partial charge on any atom is 0.259 e. The van der Waals surface area contributed by atoms with Gasteiger partial charge in [0, 0.05) is 11.1 Å². The summed E-state index contributed by atoms with van der Waals surface area (Å²) in [6.07, 6.45) is 1.44. The van der Waals surface area contributed by atoms with Gasteiger partial charge < -0.3 is 14.8 Å². The van der Waals surface area contributed by atoms with Crippen LogP contribution in [0.15, 0.2) is 59.2 Å². The third-order valence-corrected chi connectivity index (χ3v) is 2.85. The van der Waals surface area contributed by atoms with Gasteiger partial charge in [-0.15, -0.1) is 0 Å². The molecule has 0 radical (unpaired) electrons. The Morgan fingerprint density at radius 2 is 1.79 bits per heavy atom. The molecule has 0 atom stereocenters. The average molecular weight is 253 g/mol. The highest BCUT2D eigenvalue weighted by Gasteiger charge is 2.13. The number of benzene rings is 2. The first-order valence-electron chi connectivity index (χ1n) is 5.80. The molecule has 1 heterocycles. The molecule has 0 aliphatic carbocycles. The number of furan rings is 1. The molecule has 0 aliphatic rings. The molecular formula is C15H11NO3. The summed E-state index contributed by atoms with van der Waals surface area (Å²) >= 11 is 0. The normalized spacial score (nSPS) is 10.5. The lowest BCUT2D eigenvalue weighted by Gasteiger charge is -2.03. The van der Waals surface area contributed by atoms with Crippen LogP contribution in [0.3, 0.4) is 0 Å². The highest BCUT2D eigenvalue weighted by molar-refractivity contribution is 6.12. The van der Waals surface area contributed by atoms with Crippen LogP contribution in [0.4, 0.5) is 5.69 Å². The topological polar surface area (TPSA) is 62.5 Å². The smallest absolute Gasteiger partial charge is 0.259 e. The Labute approximate surface area is 109 Å². The van der Waals surface area contributed by atoms with E-state index < -0.39 is 0 Å². The van der Waals surface area contributed by atoms with Gasteiger partial charge in [0.05, 0.1) is 5.56 Å². The number of carbonyl (C=O) groups excluding carboxylic acids is 1. The van der Waals surface area contributed by atoms with Crippen LogP contribution in [0, 0.1) is 0 Å². The van der Waals surface area contributed by atoms with Crippen molar-refractivity contribution >= 4 is 22.6 Å². The van der Waals surface area contributed by atoms with Gasteiger partial charge in [-0.1, -0.05) is 18.2 Å². The Hall–Kier alpha value is -2.75. The molecule has 4 nitrogen and oxygen atoms in total. The lowest BCUT2D eigenvalue weighted by molar-refractivity contribution is 0.102. The Balaban J connectivity index is 1.90. The van der Waals surface area contributed by atoms with E-state index in [1.807, 2.05) is 24.3 Å². The molecule has 94 valence electrons. The van der Waals surface area contributed by atoms with Crippen molar-refractivity contribution in [2.24, 2.45) is 0 Å². The SMILES string of the molecule is O=C(Nc1ccc(O)cc1)c1coc2ccccc12. The molecule has 19 heavy (non-hydrogen) atoms. The van der Waals surface area contributed by atoms with Crippen LogP contribution in [-0.2, 0) is 0 Å². The predicted octanol–water partition coefficient (Wildman–Crippen LogP) is 3.39. The lowest BCUT2D eigenvalue weighted by Crippen LogP contribution is -2.10. The minimum absolute atomic E-state index is 0.159. The van der Waals surface area contributed by atoms with Crippen molar-refractivity contribution in [2.75, 3.05) is 5.32 Å². The third kappa shape index (κ3) is 2.15. The van der Waals surface area contributed by atoms with E-state index >= 15 is 0 Å². The first kappa shape index (κ1) is 11.3. The van der Waals surface area contributed by atoms with E-state index in [9.17, 15) is 9.90 Å². The molecule has 1 amide bonds. The van der Waals surface area contributed by atoms with Crippen molar-refractivity contribution in [2.45, 2.75) is 0 Å². The zero-order valence-corrected chi connectivity index (χ0v) is 9.96. The minimum Gasteiger partial charge on any atom is -0.508 e. The third-order valence-electron chi connectivity index (χ3n) is 2.85. The molecule has 0 fully saturated rings. The first-order chi connectivity index (χ1) is 9.24. The van der Waals surface area contributed by atoms with E-state index in [-0.39, 0.29) is 11.7 Å². The fraction of sp³-hybridized carbons (Fsp3) is 0. The largest absolute Gasteiger partial charge is 0.508 e. The fourth-order valence-corrected chi connectivity index (χ4v) is 1.90. The molecule has 0 saturated heterocycles. The van der Waals surface area contributed by atoms with Crippen molar-refractivity contribution < 1.29 is 14.3 Å². The van der Waals surface area contributed by atoms with Crippen molar-refractivity contribution in [1.82, 2.24) is 0 Å². The van der Waals surface area contributed by atoms with Crippen molar-refractivity contribution in [3.63, 3.8) is 0 Å².